The highest BCUT2D eigenvalue weighted by Gasteiger charge is 2.27. The van der Waals surface area contributed by atoms with E-state index in [4.69, 9.17) is 10.1 Å². The second kappa shape index (κ2) is 9.87. The van der Waals surface area contributed by atoms with Crippen LogP contribution in [0.3, 0.4) is 0 Å². The number of carbonyl (C=O) groups excluding carboxylic acids is 1. The fourth-order valence-corrected chi connectivity index (χ4v) is 3.43. The number of hydrogen-bond donors (Lipinski definition) is 2. The van der Waals surface area contributed by atoms with Crippen LogP contribution in [0.5, 0.6) is 0 Å². The maximum absolute atomic E-state index is 13.6. The number of aliphatic hydroxyl groups is 1. The number of benzene rings is 1. The number of nitrogens with zero attached hydrogens (tertiary/aromatic N) is 3. The molecule has 0 aliphatic rings. The smallest absolute Gasteiger partial charge is 0.310 e. The van der Waals surface area contributed by atoms with Crippen LogP contribution in [0.1, 0.15) is 39.4 Å². The number of hydrogen-bond acceptors (Lipinski definition) is 5. The van der Waals surface area contributed by atoms with Gasteiger partial charge in [0, 0.05) is 41.6 Å². The van der Waals surface area contributed by atoms with E-state index in [1.807, 2.05) is 37.5 Å². The molecule has 7 nitrogen and oxygen atoms in total. The predicted octanol–water partition coefficient (Wildman–Crippen LogP) is 4.31. The van der Waals surface area contributed by atoms with Crippen molar-refractivity contribution < 1.29 is 24.2 Å². The number of carboxylic acids is 1. The predicted molar refractivity (Wildman–Crippen MR) is 123 cm³/mol. The van der Waals surface area contributed by atoms with Gasteiger partial charge in [0.1, 0.15) is 23.8 Å². The highest BCUT2D eigenvalue weighted by atomic mass is 19.1. The molecule has 0 spiro atoms. The number of halogens is 1. The van der Waals surface area contributed by atoms with Crippen LogP contribution < -0.4 is 0 Å². The summed E-state index contributed by atoms with van der Waals surface area (Å²) in [6, 6.07) is 9.70. The number of ketones is 1. The molecule has 33 heavy (non-hydrogen) atoms. The van der Waals surface area contributed by atoms with Gasteiger partial charge in [0.15, 0.2) is 0 Å². The van der Waals surface area contributed by atoms with Crippen molar-refractivity contribution in [3.63, 3.8) is 0 Å². The van der Waals surface area contributed by atoms with Crippen LogP contribution in [0.25, 0.3) is 28.7 Å². The lowest BCUT2D eigenvalue weighted by Gasteiger charge is -2.19. The van der Waals surface area contributed by atoms with Crippen molar-refractivity contribution in [2.24, 2.45) is 0 Å². The molecule has 172 valence electrons. The average Bonchev–Trinajstić information content (AvgIpc) is 3.13. The van der Waals surface area contributed by atoms with E-state index in [0.717, 1.165) is 11.1 Å². The molecule has 0 saturated heterocycles. The van der Waals surface area contributed by atoms with E-state index >= 15 is 0 Å². The molecule has 0 aliphatic heterocycles. The number of aliphatic carboxylic acids is 1. The minimum absolute atomic E-state index is 0.308. The Bertz CT molecular complexity index is 1160. The lowest BCUT2D eigenvalue weighted by atomic mass is 9.95. The van der Waals surface area contributed by atoms with E-state index in [0.29, 0.717) is 17.2 Å². The van der Waals surface area contributed by atoms with Crippen molar-refractivity contribution in [2.75, 3.05) is 0 Å². The molecule has 1 atom stereocenters. The quantitative estimate of drug-likeness (QED) is 0.495. The molecule has 0 saturated carbocycles. The Morgan fingerprint density at radius 3 is 2.30 bits per heavy atom. The van der Waals surface area contributed by atoms with E-state index in [1.54, 1.807) is 30.7 Å². The normalized spacial score (nSPS) is 12.8. The standard InChI is InChI=1S/C25H26FN3O4/c1-25(2,3)24-28-22(16-4-6-18(26)7-5-16)23(17-8-11-27-12-9-17)29(24)13-10-19(30)14-20(31)15-21(32)33/h4-13,19,30H,14-15H2,1-3H3,(H,32,33)/b13-10+. The Morgan fingerprint density at radius 1 is 1.09 bits per heavy atom. The summed E-state index contributed by atoms with van der Waals surface area (Å²) in [6.45, 7) is 5.99. The van der Waals surface area contributed by atoms with Crippen molar-refractivity contribution in [3.8, 4) is 22.5 Å². The Balaban J connectivity index is 2.13. The third-order valence-electron chi connectivity index (χ3n) is 4.90. The Morgan fingerprint density at radius 2 is 1.73 bits per heavy atom. The van der Waals surface area contributed by atoms with E-state index < -0.39 is 29.7 Å². The number of rotatable bonds is 8. The monoisotopic (exact) mass is 451 g/mol. The molecule has 8 heteroatoms. The van der Waals surface area contributed by atoms with Gasteiger partial charge in [-0.25, -0.2) is 9.37 Å². The molecule has 0 bridgehead atoms. The van der Waals surface area contributed by atoms with E-state index in [1.165, 1.54) is 18.2 Å². The third kappa shape index (κ3) is 5.98. The van der Waals surface area contributed by atoms with E-state index in [9.17, 15) is 19.1 Å². The summed E-state index contributed by atoms with van der Waals surface area (Å²) in [4.78, 5) is 31.5. The van der Waals surface area contributed by atoms with Crippen LogP contribution in [-0.2, 0) is 15.0 Å². The molecular weight excluding hydrogens is 425 g/mol. The molecule has 0 fully saturated rings. The molecule has 2 aromatic heterocycles. The zero-order valence-electron chi connectivity index (χ0n) is 18.7. The van der Waals surface area contributed by atoms with Crippen molar-refractivity contribution >= 4 is 18.0 Å². The lowest BCUT2D eigenvalue weighted by molar-refractivity contribution is -0.140. The van der Waals surface area contributed by atoms with Gasteiger partial charge in [-0.3, -0.25) is 14.6 Å². The molecule has 1 unspecified atom stereocenters. The summed E-state index contributed by atoms with van der Waals surface area (Å²) in [5.41, 5.74) is 2.49. The van der Waals surface area contributed by atoms with Crippen LogP contribution in [0.4, 0.5) is 4.39 Å². The summed E-state index contributed by atoms with van der Waals surface area (Å²) < 4.78 is 15.4. The Labute approximate surface area is 191 Å². The Hall–Kier alpha value is -3.65. The van der Waals surface area contributed by atoms with Crippen molar-refractivity contribution in [3.05, 3.63) is 66.5 Å². The highest BCUT2D eigenvalue weighted by Crippen LogP contribution is 2.36. The maximum Gasteiger partial charge on any atom is 0.310 e. The molecular formula is C25H26FN3O4. The molecule has 0 radical (unpaired) electrons. The topological polar surface area (TPSA) is 105 Å². The number of aliphatic hydroxyl groups excluding tert-OH is 1. The lowest BCUT2D eigenvalue weighted by Crippen LogP contribution is -2.18. The molecule has 2 N–H and O–H groups in total. The number of imidazole rings is 1. The van der Waals surface area contributed by atoms with E-state index in [-0.39, 0.29) is 12.2 Å². The largest absolute Gasteiger partial charge is 0.481 e. The fourth-order valence-electron chi connectivity index (χ4n) is 3.43. The second-order valence-corrected chi connectivity index (χ2v) is 8.72. The first-order chi connectivity index (χ1) is 15.6. The Kier molecular flexibility index (Phi) is 7.18. The van der Waals surface area contributed by atoms with Crippen LogP contribution in [0, 0.1) is 5.82 Å². The van der Waals surface area contributed by atoms with Crippen molar-refractivity contribution in [1.82, 2.24) is 14.5 Å². The van der Waals surface area contributed by atoms with Gasteiger partial charge in [-0.2, -0.15) is 0 Å². The minimum atomic E-state index is -1.23. The third-order valence-corrected chi connectivity index (χ3v) is 4.90. The van der Waals surface area contributed by atoms with Crippen molar-refractivity contribution in [1.29, 1.82) is 0 Å². The first-order valence-corrected chi connectivity index (χ1v) is 10.4. The fraction of sp³-hybridized carbons (Fsp3) is 0.280. The van der Waals surface area contributed by atoms with E-state index in [2.05, 4.69) is 4.98 Å². The van der Waals surface area contributed by atoms with Gasteiger partial charge in [0.2, 0.25) is 0 Å². The summed E-state index contributed by atoms with van der Waals surface area (Å²) in [5.74, 6) is -1.46. The number of Topliss-reactive ketones (excluding diaryl/α,β-unsaturated/α-hetero) is 1. The summed E-state index contributed by atoms with van der Waals surface area (Å²) in [6.07, 6.45) is 4.27. The SMILES string of the molecule is CC(C)(C)c1nc(-c2ccc(F)cc2)c(-c2ccncc2)n1/C=C/C(O)CC(=O)CC(=O)O. The first-order valence-electron chi connectivity index (χ1n) is 10.4. The molecule has 0 amide bonds. The average molecular weight is 451 g/mol. The minimum Gasteiger partial charge on any atom is -0.481 e. The molecule has 1 aromatic carbocycles. The van der Waals surface area contributed by atoms with Crippen LogP contribution in [-0.4, -0.2) is 42.6 Å². The van der Waals surface area contributed by atoms with Crippen LogP contribution in [0.15, 0.2) is 54.9 Å². The zero-order valence-corrected chi connectivity index (χ0v) is 18.7. The zero-order chi connectivity index (χ0) is 24.2. The number of pyridine rings is 1. The molecule has 2 heterocycles. The van der Waals surface area contributed by atoms with Gasteiger partial charge in [-0.1, -0.05) is 20.8 Å². The van der Waals surface area contributed by atoms with Crippen LogP contribution >= 0.6 is 0 Å². The van der Waals surface area contributed by atoms with Gasteiger partial charge in [-0.05, 0) is 42.5 Å². The summed E-state index contributed by atoms with van der Waals surface area (Å²) in [5, 5.41) is 19.1. The number of carboxylic acid groups (broad SMARTS) is 1. The second-order valence-electron chi connectivity index (χ2n) is 8.72. The summed E-state index contributed by atoms with van der Waals surface area (Å²) in [7, 11) is 0. The molecule has 3 aromatic rings. The first kappa shape index (κ1) is 24.0. The number of aromatic nitrogens is 3. The van der Waals surface area contributed by atoms with Gasteiger partial charge >= 0.3 is 5.97 Å². The van der Waals surface area contributed by atoms with Crippen LogP contribution in [0.2, 0.25) is 0 Å². The molecule has 3 rings (SSSR count). The van der Waals surface area contributed by atoms with Gasteiger partial charge in [0.05, 0.1) is 17.5 Å². The highest BCUT2D eigenvalue weighted by molar-refractivity contribution is 5.95. The summed E-state index contributed by atoms with van der Waals surface area (Å²) >= 11 is 0. The van der Waals surface area contributed by atoms with Gasteiger partial charge in [-0.15, -0.1) is 0 Å². The molecule has 0 aliphatic carbocycles. The number of carbonyl (C=O) groups is 2. The van der Waals surface area contributed by atoms with Gasteiger partial charge < -0.3 is 14.8 Å². The maximum atomic E-state index is 13.6. The van der Waals surface area contributed by atoms with Gasteiger partial charge in [0.25, 0.3) is 0 Å². The van der Waals surface area contributed by atoms with Crippen molar-refractivity contribution in [2.45, 2.75) is 45.1 Å².